The van der Waals surface area contributed by atoms with Crippen LogP contribution in [0.25, 0.3) is 5.69 Å². The standard InChI is InChI=1S/C22H25N3O/c1-17-20(21(26)25(24(17)2)19-11-7-4-8-12-19)15-23-16-22(13-14-22)18-9-5-3-6-10-18/h3-12,23H,13-16H2,1-2H3. The molecule has 1 heterocycles. The first-order valence-electron chi connectivity index (χ1n) is 9.21. The minimum absolute atomic E-state index is 0.0632. The van der Waals surface area contributed by atoms with Crippen LogP contribution < -0.4 is 10.9 Å². The molecule has 0 bridgehead atoms. The van der Waals surface area contributed by atoms with Crippen LogP contribution in [0, 0.1) is 6.92 Å². The molecule has 3 aromatic rings. The maximum atomic E-state index is 13.0. The Kier molecular flexibility index (Phi) is 4.29. The topological polar surface area (TPSA) is 39.0 Å². The third kappa shape index (κ3) is 2.90. The molecule has 0 aliphatic heterocycles. The van der Waals surface area contributed by atoms with Gasteiger partial charge < -0.3 is 5.32 Å². The van der Waals surface area contributed by atoms with Gasteiger partial charge in [0.2, 0.25) is 0 Å². The van der Waals surface area contributed by atoms with Crippen molar-refractivity contribution in [3.63, 3.8) is 0 Å². The van der Waals surface area contributed by atoms with E-state index in [2.05, 4.69) is 35.6 Å². The van der Waals surface area contributed by atoms with E-state index in [9.17, 15) is 4.79 Å². The number of para-hydroxylation sites is 1. The summed E-state index contributed by atoms with van der Waals surface area (Å²) in [5.74, 6) is 0. The quantitative estimate of drug-likeness (QED) is 0.743. The van der Waals surface area contributed by atoms with Gasteiger partial charge in [-0.25, -0.2) is 4.68 Å². The highest BCUT2D eigenvalue weighted by Gasteiger charge is 2.43. The smallest absolute Gasteiger partial charge is 0.276 e. The summed E-state index contributed by atoms with van der Waals surface area (Å²) in [5.41, 5.74) is 4.48. The number of hydrogen-bond acceptors (Lipinski definition) is 2. The van der Waals surface area contributed by atoms with Gasteiger partial charge in [0.1, 0.15) is 0 Å². The molecule has 0 radical (unpaired) electrons. The van der Waals surface area contributed by atoms with Gasteiger partial charge in [0.25, 0.3) is 5.56 Å². The van der Waals surface area contributed by atoms with E-state index in [0.29, 0.717) is 6.54 Å². The molecule has 1 aliphatic rings. The number of benzene rings is 2. The molecule has 0 saturated heterocycles. The molecule has 4 nitrogen and oxygen atoms in total. The molecule has 0 amide bonds. The molecular formula is C22H25N3O. The van der Waals surface area contributed by atoms with E-state index in [1.54, 1.807) is 4.68 Å². The lowest BCUT2D eigenvalue weighted by Gasteiger charge is -2.16. The van der Waals surface area contributed by atoms with Crippen LogP contribution in [0.2, 0.25) is 0 Å². The molecule has 1 aliphatic carbocycles. The van der Waals surface area contributed by atoms with Gasteiger partial charge in [-0.3, -0.25) is 9.48 Å². The first-order valence-corrected chi connectivity index (χ1v) is 9.21. The van der Waals surface area contributed by atoms with Crippen LogP contribution in [0.15, 0.2) is 65.5 Å². The Bertz CT molecular complexity index is 950. The lowest BCUT2D eigenvalue weighted by molar-refractivity contribution is 0.572. The molecule has 4 rings (SSSR count). The Labute approximate surface area is 154 Å². The largest absolute Gasteiger partial charge is 0.312 e. The van der Waals surface area contributed by atoms with Crippen molar-refractivity contribution in [3.05, 3.63) is 87.8 Å². The predicted molar refractivity (Wildman–Crippen MR) is 105 cm³/mol. The zero-order valence-electron chi connectivity index (χ0n) is 15.4. The highest BCUT2D eigenvalue weighted by atomic mass is 16.1. The number of nitrogens with zero attached hydrogens (tertiary/aromatic N) is 2. The number of rotatable bonds is 6. The third-order valence-corrected chi connectivity index (χ3v) is 5.68. The summed E-state index contributed by atoms with van der Waals surface area (Å²) in [6, 6.07) is 20.5. The van der Waals surface area contributed by atoms with Gasteiger partial charge in [0, 0.05) is 31.2 Å². The highest BCUT2D eigenvalue weighted by molar-refractivity contribution is 5.34. The SMILES string of the molecule is Cc1c(CNCC2(c3ccccc3)CC2)c(=O)n(-c2ccccc2)n1C. The van der Waals surface area contributed by atoms with Gasteiger partial charge in [-0.15, -0.1) is 0 Å². The number of hydrogen-bond donors (Lipinski definition) is 1. The fraction of sp³-hybridized carbons (Fsp3) is 0.318. The van der Waals surface area contributed by atoms with Crippen LogP contribution in [0.1, 0.15) is 29.7 Å². The zero-order valence-corrected chi connectivity index (χ0v) is 15.4. The molecule has 0 spiro atoms. The monoisotopic (exact) mass is 347 g/mol. The van der Waals surface area contributed by atoms with Crippen molar-refractivity contribution < 1.29 is 0 Å². The first kappa shape index (κ1) is 16.9. The van der Waals surface area contributed by atoms with Crippen LogP contribution >= 0.6 is 0 Å². The normalized spacial score (nSPS) is 15.2. The Morgan fingerprint density at radius 1 is 1.00 bits per heavy atom. The molecule has 1 saturated carbocycles. The van der Waals surface area contributed by atoms with Crippen molar-refractivity contribution >= 4 is 0 Å². The summed E-state index contributed by atoms with van der Waals surface area (Å²) >= 11 is 0. The molecule has 4 heteroatoms. The van der Waals surface area contributed by atoms with E-state index < -0.39 is 0 Å². The van der Waals surface area contributed by atoms with E-state index in [0.717, 1.165) is 23.5 Å². The van der Waals surface area contributed by atoms with Crippen molar-refractivity contribution in [2.45, 2.75) is 31.7 Å². The molecule has 134 valence electrons. The summed E-state index contributed by atoms with van der Waals surface area (Å²) in [6.07, 6.45) is 2.43. The fourth-order valence-corrected chi connectivity index (χ4v) is 3.76. The number of aromatic nitrogens is 2. The van der Waals surface area contributed by atoms with Crippen LogP contribution in [0.5, 0.6) is 0 Å². The zero-order chi connectivity index (χ0) is 18.1. The lowest BCUT2D eigenvalue weighted by atomic mass is 9.96. The molecule has 1 aromatic heterocycles. The Balaban J connectivity index is 1.52. The summed E-state index contributed by atoms with van der Waals surface area (Å²) in [6.45, 7) is 3.53. The van der Waals surface area contributed by atoms with Crippen molar-refractivity contribution in [1.82, 2.24) is 14.7 Å². The Morgan fingerprint density at radius 2 is 1.62 bits per heavy atom. The molecule has 0 atom stereocenters. The predicted octanol–water partition coefficient (Wildman–Crippen LogP) is 3.31. The van der Waals surface area contributed by atoms with Gasteiger partial charge in [0.15, 0.2) is 0 Å². The minimum atomic E-state index is 0.0632. The van der Waals surface area contributed by atoms with Gasteiger partial charge in [-0.05, 0) is 37.5 Å². The average Bonchev–Trinajstić information content (AvgIpc) is 3.43. The van der Waals surface area contributed by atoms with Gasteiger partial charge >= 0.3 is 0 Å². The van der Waals surface area contributed by atoms with Crippen LogP contribution in [0.3, 0.4) is 0 Å². The van der Waals surface area contributed by atoms with E-state index in [4.69, 9.17) is 0 Å². The Hall–Kier alpha value is -2.59. The van der Waals surface area contributed by atoms with Crippen LogP contribution in [-0.2, 0) is 19.0 Å². The second kappa shape index (κ2) is 6.61. The number of nitrogens with one attached hydrogen (secondary N) is 1. The molecule has 2 aromatic carbocycles. The van der Waals surface area contributed by atoms with E-state index >= 15 is 0 Å². The molecular weight excluding hydrogens is 322 g/mol. The van der Waals surface area contributed by atoms with Gasteiger partial charge in [0.05, 0.1) is 11.3 Å². The summed E-state index contributed by atoms with van der Waals surface area (Å²) in [7, 11) is 1.94. The van der Waals surface area contributed by atoms with Gasteiger partial charge in [-0.2, -0.15) is 0 Å². The van der Waals surface area contributed by atoms with E-state index in [-0.39, 0.29) is 11.0 Å². The van der Waals surface area contributed by atoms with Crippen molar-refractivity contribution in [2.75, 3.05) is 6.54 Å². The lowest BCUT2D eigenvalue weighted by Crippen LogP contribution is -2.29. The first-order chi connectivity index (χ1) is 12.6. The molecule has 0 unspecified atom stereocenters. The second-order valence-corrected chi connectivity index (χ2v) is 7.29. The maximum Gasteiger partial charge on any atom is 0.276 e. The summed E-state index contributed by atoms with van der Waals surface area (Å²) in [4.78, 5) is 13.0. The summed E-state index contributed by atoms with van der Waals surface area (Å²) < 4.78 is 3.69. The van der Waals surface area contributed by atoms with E-state index in [1.807, 2.05) is 49.0 Å². The van der Waals surface area contributed by atoms with Crippen LogP contribution in [0.4, 0.5) is 0 Å². The van der Waals surface area contributed by atoms with Crippen molar-refractivity contribution in [3.8, 4) is 5.69 Å². The third-order valence-electron chi connectivity index (χ3n) is 5.68. The summed E-state index contributed by atoms with van der Waals surface area (Å²) in [5, 5.41) is 3.55. The Morgan fingerprint density at radius 3 is 2.23 bits per heavy atom. The van der Waals surface area contributed by atoms with Crippen LogP contribution in [-0.4, -0.2) is 15.9 Å². The maximum absolute atomic E-state index is 13.0. The van der Waals surface area contributed by atoms with Crippen molar-refractivity contribution in [1.29, 1.82) is 0 Å². The van der Waals surface area contributed by atoms with Gasteiger partial charge in [-0.1, -0.05) is 48.5 Å². The second-order valence-electron chi connectivity index (χ2n) is 7.29. The molecule has 26 heavy (non-hydrogen) atoms. The fourth-order valence-electron chi connectivity index (χ4n) is 3.76. The molecule has 1 N–H and O–H groups in total. The average molecular weight is 347 g/mol. The highest BCUT2D eigenvalue weighted by Crippen LogP contribution is 2.47. The van der Waals surface area contributed by atoms with Crippen molar-refractivity contribution in [2.24, 2.45) is 7.05 Å². The molecule has 1 fully saturated rings. The van der Waals surface area contributed by atoms with E-state index in [1.165, 1.54) is 18.4 Å². The minimum Gasteiger partial charge on any atom is -0.312 e.